The summed E-state index contributed by atoms with van der Waals surface area (Å²) in [5.41, 5.74) is -0.885. The molecule has 0 radical (unpaired) electrons. The van der Waals surface area contributed by atoms with E-state index in [1.807, 2.05) is 20.8 Å². The highest BCUT2D eigenvalue weighted by Gasteiger charge is 2.94. The quantitative estimate of drug-likeness (QED) is 0.262. The van der Waals surface area contributed by atoms with Crippen LogP contribution in [-0.4, -0.2) is 70.9 Å². The molecule has 6 rings (SSSR count). The maximum absolute atomic E-state index is 12.2. The van der Waals surface area contributed by atoms with Gasteiger partial charge in [-0.2, -0.15) is 0 Å². The van der Waals surface area contributed by atoms with Crippen molar-refractivity contribution < 1.29 is 47.4 Å². The van der Waals surface area contributed by atoms with Crippen molar-refractivity contribution >= 4 is 13.8 Å². The van der Waals surface area contributed by atoms with E-state index in [0.717, 1.165) is 17.6 Å². The van der Waals surface area contributed by atoms with Gasteiger partial charge < -0.3 is 33.5 Å². The number of rotatable bonds is 5. The first-order chi connectivity index (χ1) is 14.9. The minimum Gasteiger partial charge on any atom is -0.458 e. The summed E-state index contributed by atoms with van der Waals surface area (Å²) in [5.74, 6) is -0.194. The van der Waals surface area contributed by atoms with Gasteiger partial charge >= 0.3 is 13.8 Å². The SMILES string of the molecule is CC(C)[C@]12O[C@H]1[C@@H]1O[C@@]13[C@@]1(C)CCC4=C(COC4=O)[C@@H]1CO[C@]3(C)[C@@H]2OCOP(=O)(O)O. The standard InChI is InChI=1S/C21H29O10P/c1-10(2)20-14(30-20)15-21(31-15)18(3)6-5-11-12(7-26-16(11)22)13(18)8-28-19(21,4)17(20)27-9-29-32(23,24)25/h10,13-15,17H,5-9H2,1-4H3,(H2,23,24,25)/t13-,14-,15-,17-,18-,19+,20-,21+/m0/s1. The molecule has 0 aromatic carbocycles. The monoisotopic (exact) mass is 472 g/mol. The largest absolute Gasteiger partial charge is 0.471 e. The smallest absolute Gasteiger partial charge is 0.458 e. The predicted octanol–water partition coefficient (Wildman–Crippen LogP) is 1.44. The highest BCUT2D eigenvalue weighted by atomic mass is 31.2. The number of phosphoric acid groups is 1. The van der Waals surface area contributed by atoms with Crippen LogP contribution in [0.15, 0.2) is 11.1 Å². The first-order valence-corrected chi connectivity index (χ1v) is 12.7. The average molecular weight is 472 g/mol. The van der Waals surface area contributed by atoms with Crippen LogP contribution in [0, 0.1) is 17.3 Å². The number of phosphoric ester groups is 1. The Labute approximate surface area is 185 Å². The van der Waals surface area contributed by atoms with Crippen LogP contribution < -0.4 is 0 Å². The lowest BCUT2D eigenvalue weighted by Crippen LogP contribution is -2.74. The van der Waals surface area contributed by atoms with Crippen molar-refractivity contribution in [1.29, 1.82) is 0 Å². The van der Waals surface area contributed by atoms with E-state index in [1.54, 1.807) is 0 Å². The molecule has 0 unspecified atom stereocenters. The lowest BCUT2D eigenvalue weighted by atomic mass is 9.49. The summed E-state index contributed by atoms with van der Waals surface area (Å²) in [7, 11) is -4.70. The molecule has 0 aromatic heterocycles. The van der Waals surface area contributed by atoms with Gasteiger partial charge in [-0.1, -0.05) is 20.8 Å². The van der Waals surface area contributed by atoms with Gasteiger partial charge in [-0.25, -0.2) is 9.36 Å². The van der Waals surface area contributed by atoms with Crippen LogP contribution >= 0.6 is 7.82 Å². The number of cyclic esters (lactones) is 1. The average Bonchev–Trinajstić information content (AvgIpc) is 3.57. The number of esters is 1. The predicted molar refractivity (Wildman–Crippen MR) is 106 cm³/mol. The number of hydrogen-bond donors (Lipinski definition) is 2. The number of fused-ring (bicyclic) bond motifs is 4. The number of carbonyl (C=O) groups excluding carboxylic acids is 1. The molecule has 4 fully saturated rings. The van der Waals surface area contributed by atoms with Gasteiger partial charge in [-0.15, -0.1) is 0 Å². The molecule has 1 saturated carbocycles. The fourth-order valence-electron chi connectivity index (χ4n) is 7.55. The van der Waals surface area contributed by atoms with Crippen LogP contribution in [-0.2, 0) is 37.6 Å². The van der Waals surface area contributed by atoms with Crippen LogP contribution in [0.1, 0.15) is 40.5 Å². The first kappa shape index (κ1) is 21.7. The van der Waals surface area contributed by atoms with Crippen LogP contribution in [0.5, 0.6) is 0 Å². The van der Waals surface area contributed by atoms with Crippen molar-refractivity contribution in [2.45, 2.75) is 75.7 Å². The molecule has 11 heteroatoms. The van der Waals surface area contributed by atoms with Crippen molar-refractivity contribution in [2.24, 2.45) is 17.3 Å². The highest BCUT2D eigenvalue weighted by molar-refractivity contribution is 7.46. The second kappa shape index (κ2) is 6.23. The van der Waals surface area contributed by atoms with Crippen molar-refractivity contribution in [3.05, 3.63) is 11.1 Å². The summed E-state index contributed by atoms with van der Waals surface area (Å²) in [4.78, 5) is 30.4. The summed E-state index contributed by atoms with van der Waals surface area (Å²) in [5, 5.41) is 0. The number of carbonyl (C=O) groups is 1. The molecule has 10 nitrogen and oxygen atoms in total. The van der Waals surface area contributed by atoms with E-state index in [9.17, 15) is 9.36 Å². The van der Waals surface area contributed by atoms with E-state index >= 15 is 0 Å². The van der Waals surface area contributed by atoms with Gasteiger partial charge in [-0.05, 0) is 31.3 Å². The molecule has 4 aliphatic heterocycles. The van der Waals surface area contributed by atoms with Crippen molar-refractivity contribution in [3.63, 3.8) is 0 Å². The van der Waals surface area contributed by atoms with Crippen LogP contribution in [0.2, 0.25) is 0 Å². The fourth-order valence-corrected chi connectivity index (χ4v) is 7.74. The van der Waals surface area contributed by atoms with Crippen molar-refractivity contribution in [3.8, 4) is 0 Å². The summed E-state index contributed by atoms with van der Waals surface area (Å²) < 4.78 is 46.7. The van der Waals surface area contributed by atoms with E-state index in [4.69, 9.17) is 33.5 Å². The zero-order valence-corrected chi connectivity index (χ0v) is 19.4. The molecule has 178 valence electrons. The molecule has 8 atom stereocenters. The van der Waals surface area contributed by atoms with Crippen molar-refractivity contribution in [2.75, 3.05) is 20.0 Å². The van der Waals surface area contributed by atoms with E-state index in [2.05, 4.69) is 11.4 Å². The molecule has 2 aliphatic carbocycles. The maximum Gasteiger partial charge on any atom is 0.471 e. The number of hydrogen-bond acceptors (Lipinski definition) is 8. The molecule has 0 bridgehead atoms. The maximum atomic E-state index is 12.2. The Morgan fingerprint density at radius 3 is 2.66 bits per heavy atom. The van der Waals surface area contributed by atoms with Crippen LogP contribution in [0.3, 0.4) is 0 Å². The zero-order chi connectivity index (χ0) is 22.9. The Balaban J connectivity index is 1.40. The Hall–Kier alpha value is -0.840. The van der Waals surface area contributed by atoms with E-state index in [1.165, 1.54) is 0 Å². The molecule has 0 aromatic rings. The summed E-state index contributed by atoms with van der Waals surface area (Å²) in [6.45, 7) is 8.30. The summed E-state index contributed by atoms with van der Waals surface area (Å²) in [6.07, 6.45) is 0.341. The van der Waals surface area contributed by atoms with Gasteiger partial charge in [0.2, 0.25) is 0 Å². The highest BCUT2D eigenvalue weighted by Crippen LogP contribution is 2.77. The van der Waals surface area contributed by atoms with Gasteiger partial charge in [-0.3, -0.25) is 4.52 Å². The van der Waals surface area contributed by atoms with E-state index in [-0.39, 0.29) is 35.4 Å². The van der Waals surface area contributed by atoms with E-state index < -0.39 is 37.5 Å². The second-order valence-electron chi connectivity index (χ2n) is 10.6. The third-order valence-corrected chi connectivity index (χ3v) is 9.57. The fraction of sp³-hybridized carbons (Fsp3) is 0.857. The van der Waals surface area contributed by atoms with Gasteiger partial charge in [0.05, 0.1) is 6.61 Å². The molecule has 3 saturated heterocycles. The minimum atomic E-state index is -4.70. The summed E-state index contributed by atoms with van der Waals surface area (Å²) in [6, 6.07) is 0. The van der Waals surface area contributed by atoms with Gasteiger partial charge in [0, 0.05) is 16.9 Å². The molecule has 0 amide bonds. The second-order valence-corrected chi connectivity index (χ2v) is 11.8. The molecular formula is C21H29O10P. The van der Waals surface area contributed by atoms with Gasteiger partial charge in [0.15, 0.2) is 6.79 Å². The molecule has 4 heterocycles. The van der Waals surface area contributed by atoms with E-state index in [0.29, 0.717) is 19.6 Å². The molecular weight excluding hydrogens is 443 g/mol. The van der Waals surface area contributed by atoms with Crippen LogP contribution in [0.25, 0.3) is 0 Å². The number of ether oxygens (including phenoxy) is 5. The number of epoxide rings is 2. The van der Waals surface area contributed by atoms with Gasteiger partial charge in [0.1, 0.15) is 41.7 Å². The minimum absolute atomic E-state index is 0.0203. The van der Waals surface area contributed by atoms with Crippen LogP contribution in [0.4, 0.5) is 0 Å². The van der Waals surface area contributed by atoms with Crippen molar-refractivity contribution in [1.82, 2.24) is 0 Å². The third kappa shape index (κ3) is 2.35. The molecule has 6 aliphatic rings. The summed E-state index contributed by atoms with van der Waals surface area (Å²) >= 11 is 0. The Morgan fingerprint density at radius 1 is 1.22 bits per heavy atom. The first-order valence-electron chi connectivity index (χ1n) is 11.1. The molecule has 2 N–H and O–H groups in total. The lowest BCUT2D eigenvalue weighted by molar-refractivity contribution is -0.272. The third-order valence-electron chi connectivity index (χ3n) is 9.13. The molecule has 32 heavy (non-hydrogen) atoms. The molecule has 1 spiro atoms. The van der Waals surface area contributed by atoms with Gasteiger partial charge in [0.25, 0.3) is 0 Å². The Kier molecular flexibility index (Phi) is 4.22. The Bertz CT molecular complexity index is 974. The lowest BCUT2D eigenvalue weighted by Gasteiger charge is -2.60. The normalized spacial score (nSPS) is 50.8. The zero-order valence-electron chi connectivity index (χ0n) is 18.5. The Morgan fingerprint density at radius 2 is 1.97 bits per heavy atom. The topological polar surface area (TPSA) is 137 Å².